The van der Waals surface area contributed by atoms with Crippen molar-refractivity contribution in [2.75, 3.05) is 25.0 Å². The number of aliphatic hydroxyl groups excluding tert-OH is 1. The van der Waals surface area contributed by atoms with E-state index in [0.717, 1.165) is 23.7 Å². The first-order chi connectivity index (χ1) is 8.11. The van der Waals surface area contributed by atoms with Gasteiger partial charge in [-0.05, 0) is 38.1 Å². The van der Waals surface area contributed by atoms with Crippen LogP contribution in [0.15, 0.2) is 18.2 Å². The molecule has 0 spiro atoms. The molecule has 0 aliphatic carbocycles. The maximum Gasteiger partial charge on any atom is 0.0731 e. The summed E-state index contributed by atoms with van der Waals surface area (Å²) in [7, 11) is 1.93. The third-order valence-electron chi connectivity index (χ3n) is 3.41. The van der Waals surface area contributed by atoms with Gasteiger partial charge in [0.25, 0.3) is 0 Å². The highest BCUT2D eigenvalue weighted by Gasteiger charge is 2.22. The van der Waals surface area contributed by atoms with E-state index in [1.165, 1.54) is 5.56 Å². The van der Waals surface area contributed by atoms with Crippen molar-refractivity contribution in [3.8, 4) is 0 Å². The summed E-state index contributed by atoms with van der Waals surface area (Å²) in [4.78, 5) is 2.14. The fourth-order valence-electron chi connectivity index (χ4n) is 2.18. The first kappa shape index (κ1) is 12.7. The first-order valence-electron chi connectivity index (χ1n) is 6.01. The van der Waals surface area contributed by atoms with Gasteiger partial charge in [-0.3, -0.25) is 0 Å². The quantitative estimate of drug-likeness (QED) is 0.868. The van der Waals surface area contributed by atoms with E-state index >= 15 is 0 Å². The zero-order valence-corrected chi connectivity index (χ0v) is 11.0. The van der Waals surface area contributed by atoms with Crippen LogP contribution < -0.4 is 10.2 Å². The summed E-state index contributed by atoms with van der Waals surface area (Å²) in [6.45, 7) is 3.66. The maximum absolute atomic E-state index is 9.54. The normalized spacial score (nSPS) is 21.9. The molecule has 0 saturated carbocycles. The molecule has 0 amide bonds. The van der Waals surface area contributed by atoms with Crippen LogP contribution in [0, 0.1) is 0 Å². The molecular weight excluding hydrogens is 236 g/mol. The number of rotatable bonds is 3. The molecule has 94 valence electrons. The minimum Gasteiger partial charge on any atom is -0.391 e. The molecule has 2 unspecified atom stereocenters. The number of hydrogen-bond acceptors (Lipinski definition) is 3. The SMILES string of the molecule is CNC(C)c1ccc(N2CCC(O)C2)c(Cl)c1. The predicted molar refractivity (Wildman–Crippen MR) is 71.8 cm³/mol. The summed E-state index contributed by atoms with van der Waals surface area (Å²) < 4.78 is 0. The average molecular weight is 255 g/mol. The number of nitrogens with one attached hydrogen (secondary N) is 1. The van der Waals surface area contributed by atoms with Crippen LogP contribution in [0.1, 0.15) is 24.9 Å². The van der Waals surface area contributed by atoms with Gasteiger partial charge in [0, 0.05) is 19.1 Å². The Bertz CT molecular complexity index is 397. The molecule has 0 aromatic heterocycles. The van der Waals surface area contributed by atoms with Crippen molar-refractivity contribution in [3.63, 3.8) is 0 Å². The van der Waals surface area contributed by atoms with Gasteiger partial charge in [0.15, 0.2) is 0 Å². The monoisotopic (exact) mass is 254 g/mol. The molecule has 3 nitrogen and oxygen atoms in total. The van der Waals surface area contributed by atoms with Crippen LogP contribution in [0.4, 0.5) is 5.69 Å². The molecule has 1 heterocycles. The Labute approximate surface area is 107 Å². The zero-order chi connectivity index (χ0) is 12.4. The van der Waals surface area contributed by atoms with Crippen LogP contribution in [0.3, 0.4) is 0 Å². The van der Waals surface area contributed by atoms with E-state index in [9.17, 15) is 5.11 Å². The van der Waals surface area contributed by atoms with Gasteiger partial charge in [0.05, 0.1) is 16.8 Å². The molecule has 2 atom stereocenters. The highest BCUT2D eigenvalue weighted by atomic mass is 35.5. The summed E-state index contributed by atoms with van der Waals surface area (Å²) in [6.07, 6.45) is 0.604. The summed E-state index contributed by atoms with van der Waals surface area (Å²) >= 11 is 6.31. The lowest BCUT2D eigenvalue weighted by Gasteiger charge is -2.21. The zero-order valence-electron chi connectivity index (χ0n) is 10.3. The molecule has 1 aliphatic heterocycles. The van der Waals surface area contributed by atoms with Gasteiger partial charge < -0.3 is 15.3 Å². The largest absolute Gasteiger partial charge is 0.391 e. The van der Waals surface area contributed by atoms with Crippen LogP contribution in [-0.2, 0) is 0 Å². The molecule has 17 heavy (non-hydrogen) atoms. The van der Waals surface area contributed by atoms with Gasteiger partial charge in [-0.15, -0.1) is 0 Å². The lowest BCUT2D eigenvalue weighted by atomic mass is 10.1. The molecular formula is C13H19ClN2O. The molecule has 4 heteroatoms. The Morgan fingerprint density at radius 3 is 2.82 bits per heavy atom. The van der Waals surface area contributed by atoms with E-state index in [1.54, 1.807) is 0 Å². The van der Waals surface area contributed by atoms with Gasteiger partial charge >= 0.3 is 0 Å². The Hall–Kier alpha value is -0.770. The van der Waals surface area contributed by atoms with E-state index in [0.29, 0.717) is 12.6 Å². The van der Waals surface area contributed by atoms with Crippen LogP contribution in [0.2, 0.25) is 5.02 Å². The Balaban J connectivity index is 2.20. The number of nitrogens with zero attached hydrogens (tertiary/aromatic N) is 1. The second-order valence-electron chi connectivity index (χ2n) is 4.61. The van der Waals surface area contributed by atoms with Crippen LogP contribution in [-0.4, -0.2) is 31.3 Å². The minimum atomic E-state index is -0.220. The lowest BCUT2D eigenvalue weighted by molar-refractivity contribution is 0.198. The van der Waals surface area contributed by atoms with Crippen LogP contribution in [0.25, 0.3) is 0 Å². The number of aliphatic hydroxyl groups is 1. The van der Waals surface area contributed by atoms with Crippen LogP contribution in [0.5, 0.6) is 0 Å². The standard InChI is InChI=1S/C13H19ClN2O/c1-9(15-2)10-3-4-13(12(14)7-10)16-6-5-11(17)8-16/h3-4,7,9,11,15,17H,5-6,8H2,1-2H3. The van der Waals surface area contributed by atoms with E-state index in [1.807, 2.05) is 19.2 Å². The highest BCUT2D eigenvalue weighted by molar-refractivity contribution is 6.33. The Morgan fingerprint density at radius 1 is 1.53 bits per heavy atom. The second-order valence-corrected chi connectivity index (χ2v) is 5.02. The summed E-state index contributed by atoms with van der Waals surface area (Å²) in [5.41, 5.74) is 2.20. The summed E-state index contributed by atoms with van der Waals surface area (Å²) in [6, 6.07) is 6.44. The third-order valence-corrected chi connectivity index (χ3v) is 3.71. The van der Waals surface area contributed by atoms with Gasteiger partial charge in [-0.1, -0.05) is 17.7 Å². The fourth-order valence-corrected chi connectivity index (χ4v) is 2.48. The van der Waals surface area contributed by atoms with Crippen molar-refractivity contribution in [2.24, 2.45) is 0 Å². The number of benzene rings is 1. The molecule has 0 bridgehead atoms. The molecule has 2 N–H and O–H groups in total. The van der Waals surface area contributed by atoms with Crippen molar-refractivity contribution in [1.82, 2.24) is 5.32 Å². The lowest BCUT2D eigenvalue weighted by Crippen LogP contribution is -2.21. The first-order valence-corrected chi connectivity index (χ1v) is 6.39. The fraction of sp³-hybridized carbons (Fsp3) is 0.538. The number of anilines is 1. The topological polar surface area (TPSA) is 35.5 Å². The maximum atomic E-state index is 9.54. The van der Waals surface area contributed by atoms with E-state index < -0.39 is 0 Å². The average Bonchev–Trinajstić information content (AvgIpc) is 2.74. The third kappa shape index (κ3) is 2.73. The van der Waals surface area contributed by atoms with Gasteiger partial charge in [0.2, 0.25) is 0 Å². The van der Waals surface area contributed by atoms with Crippen molar-refractivity contribution in [1.29, 1.82) is 0 Å². The molecule has 1 fully saturated rings. The van der Waals surface area contributed by atoms with E-state index in [2.05, 4.69) is 23.2 Å². The highest BCUT2D eigenvalue weighted by Crippen LogP contribution is 2.31. The molecule has 1 aromatic carbocycles. The van der Waals surface area contributed by atoms with Crippen molar-refractivity contribution < 1.29 is 5.11 Å². The van der Waals surface area contributed by atoms with Gasteiger partial charge in [0.1, 0.15) is 0 Å². The Kier molecular flexibility index (Phi) is 3.92. The van der Waals surface area contributed by atoms with E-state index in [4.69, 9.17) is 11.6 Å². The Morgan fingerprint density at radius 2 is 2.29 bits per heavy atom. The van der Waals surface area contributed by atoms with E-state index in [-0.39, 0.29) is 6.10 Å². The predicted octanol–water partition coefficient (Wildman–Crippen LogP) is 2.19. The molecule has 1 saturated heterocycles. The van der Waals surface area contributed by atoms with Crippen molar-refractivity contribution >= 4 is 17.3 Å². The smallest absolute Gasteiger partial charge is 0.0731 e. The minimum absolute atomic E-state index is 0.220. The van der Waals surface area contributed by atoms with Crippen molar-refractivity contribution in [2.45, 2.75) is 25.5 Å². The van der Waals surface area contributed by atoms with Crippen LogP contribution >= 0.6 is 11.6 Å². The van der Waals surface area contributed by atoms with Gasteiger partial charge in [-0.25, -0.2) is 0 Å². The molecule has 0 radical (unpaired) electrons. The number of halogens is 1. The number of β-amino-alcohol motifs (C(OH)–C–C–N with tert-alkyl or cyclic N) is 1. The molecule has 2 rings (SSSR count). The molecule has 1 aromatic rings. The van der Waals surface area contributed by atoms with Crippen molar-refractivity contribution in [3.05, 3.63) is 28.8 Å². The summed E-state index contributed by atoms with van der Waals surface area (Å²) in [5.74, 6) is 0. The molecule has 1 aliphatic rings. The summed E-state index contributed by atoms with van der Waals surface area (Å²) in [5, 5.41) is 13.5. The van der Waals surface area contributed by atoms with Gasteiger partial charge in [-0.2, -0.15) is 0 Å². The second kappa shape index (κ2) is 5.25. The number of hydrogen-bond donors (Lipinski definition) is 2.